The summed E-state index contributed by atoms with van der Waals surface area (Å²) in [6, 6.07) is 13.6. The third-order valence-corrected chi connectivity index (χ3v) is 6.55. The second-order valence-corrected chi connectivity index (χ2v) is 9.84. The summed E-state index contributed by atoms with van der Waals surface area (Å²) in [6.07, 6.45) is 1.47. The van der Waals surface area contributed by atoms with Gasteiger partial charge in [-0.25, -0.2) is 5.43 Å². The molecule has 12 heteroatoms. The van der Waals surface area contributed by atoms with E-state index in [1.54, 1.807) is 42.5 Å². The number of rotatable bonds is 10. The van der Waals surface area contributed by atoms with Crippen molar-refractivity contribution in [3.8, 4) is 23.0 Å². The maximum atomic E-state index is 12.3. The van der Waals surface area contributed by atoms with Crippen LogP contribution < -0.4 is 29.7 Å². The SMILES string of the molecule is CCOc1cc(C=NNC(=O)CNC(=O)c2ccc3c(c2)OCO3)cc(I)c1OCc1ccc(Cl)cc1Cl. The minimum atomic E-state index is -0.491. The van der Waals surface area contributed by atoms with Gasteiger partial charge in [-0.1, -0.05) is 29.3 Å². The fourth-order valence-corrected chi connectivity index (χ4v) is 4.62. The molecule has 0 unspecified atom stereocenters. The van der Waals surface area contributed by atoms with Crippen molar-refractivity contribution in [3.05, 3.63) is 78.8 Å². The second kappa shape index (κ2) is 13.0. The van der Waals surface area contributed by atoms with Crippen molar-refractivity contribution >= 4 is 63.8 Å². The van der Waals surface area contributed by atoms with Gasteiger partial charge in [-0.3, -0.25) is 9.59 Å². The molecule has 0 atom stereocenters. The van der Waals surface area contributed by atoms with Gasteiger partial charge in [0.1, 0.15) is 6.61 Å². The van der Waals surface area contributed by atoms with Gasteiger partial charge >= 0.3 is 0 Å². The summed E-state index contributed by atoms with van der Waals surface area (Å²) in [7, 11) is 0. The van der Waals surface area contributed by atoms with E-state index in [1.807, 2.05) is 13.0 Å². The second-order valence-electron chi connectivity index (χ2n) is 7.83. The van der Waals surface area contributed by atoms with Crippen LogP contribution in [0.2, 0.25) is 10.0 Å². The Bertz CT molecular complexity index is 1390. The molecule has 9 nitrogen and oxygen atoms in total. The van der Waals surface area contributed by atoms with Crippen LogP contribution in [0.3, 0.4) is 0 Å². The molecule has 0 fully saturated rings. The van der Waals surface area contributed by atoms with Crippen molar-refractivity contribution in [2.75, 3.05) is 19.9 Å². The molecule has 0 bridgehead atoms. The quantitative estimate of drug-likeness (QED) is 0.175. The summed E-state index contributed by atoms with van der Waals surface area (Å²) >= 11 is 14.4. The Labute approximate surface area is 242 Å². The standard InChI is InChI=1S/C26H22Cl2IN3O6/c1-2-35-23-8-15(7-20(29)25(23)36-13-17-3-5-18(27)10-19(17)28)11-31-32-24(33)12-30-26(34)16-4-6-21-22(9-16)38-14-37-21/h3-11H,2,12-14H2,1H3,(H,30,34)(H,32,33). The van der Waals surface area contributed by atoms with Gasteiger partial charge in [-0.15, -0.1) is 0 Å². The van der Waals surface area contributed by atoms with E-state index in [2.05, 4.69) is 38.4 Å². The van der Waals surface area contributed by atoms with Gasteiger partial charge in [0, 0.05) is 21.2 Å². The normalized spacial score (nSPS) is 11.9. The molecule has 0 radical (unpaired) electrons. The highest BCUT2D eigenvalue weighted by Crippen LogP contribution is 2.35. The number of hydrogen-bond acceptors (Lipinski definition) is 7. The molecule has 0 aliphatic carbocycles. The van der Waals surface area contributed by atoms with Gasteiger partial charge in [0.05, 0.1) is 22.9 Å². The predicted molar refractivity (Wildman–Crippen MR) is 152 cm³/mol. The van der Waals surface area contributed by atoms with Gasteiger partial charge in [0.2, 0.25) is 6.79 Å². The van der Waals surface area contributed by atoms with Crippen LogP contribution in [-0.4, -0.2) is 38.0 Å². The Morgan fingerprint density at radius 3 is 2.68 bits per heavy atom. The minimum absolute atomic E-state index is 0.111. The van der Waals surface area contributed by atoms with Crippen LogP contribution in [0.5, 0.6) is 23.0 Å². The number of nitrogens with zero attached hydrogens (tertiary/aromatic N) is 1. The summed E-state index contributed by atoms with van der Waals surface area (Å²) in [5.74, 6) is 1.22. The largest absolute Gasteiger partial charge is 0.490 e. The molecule has 3 aromatic carbocycles. The van der Waals surface area contributed by atoms with E-state index in [0.29, 0.717) is 50.8 Å². The van der Waals surface area contributed by atoms with Gasteiger partial charge in [0.25, 0.3) is 11.8 Å². The Morgan fingerprint density at radius 1 is 1.08 bits per heavy atom. The number of ether oxygens (including phenoxy) is 4. The molecule has 2 amide bonds. The lowest BCUT2D eigenvalue weighted by molar-refractivity contribution is -0.120. The van der Waals surface area contributed by atoms with Crippen LogP contribution in [0, 0.1) is 3.57 Å². The first-order chi connectivity index (χ1) is 18.3. The number of hydrogen-bond donors (Lipinski definition) is 2. The first-order valence-electron chi connectivity index (χ1n) is 11.4. The summed E-state index contributed by atoms with van der Waals surface area (Å²) in [4.78, 5) is 24.5. The average molecular weight is 670 g/mol. The van der Waals surface area contributed by atoms with Crippen molar-refractivity contribution in [1.82, 2.24) is 10.7 Å². The molecule has 0 aromatic heterocycles. The number of carbonyl (C=O) groups excluding carboxylic acids is 2. The number of hydrazone groups is 1. The van der Waals surface area contributed by atoms with Crippen LogP contribution in [0.15, 0.2) is 53.6 Å². The van der Waals surface area contributed by atoms with E-state index >= 15 is 0 Å². The molecule has 1 aliphatic rings. The van der Waals surface area contributed by atoms with Crippen molar-refractivity contribution < 1.29 is 28.5 Å². The zero-order valence-electron chi connectivity index (χ0n) is 20.1. The summed E-state index contributed by atoms with van der Waals surface area (Å²) in [6.45, 7) is 2.37. The lowest BCUT2D eigenvalue weighted by Crippen LogP contribution is -2.34. The highest BCUT2D eigenvalue weighted by molar-refractivity contribution is 14.1. The molecule has 3 aromatic rings. The Balaban J connectivity index is 1.33. The first kappa shape index (κ1) is 27.8. The van der Waals surface area contributed by atoms with Crippen LogP contribution in [0.1, 0.15) is 28.4 Å². The summed E-state index contributed by atoms with van der Waals surface area (Å²) in [5.41, 5.74) is 4.21. The van der Waals surface area contributed by atoms with Crippen molar-refractivity contribution in [1.29, 1.82) is 0 Å². The van der Waals surface area contributed by atoms with Crippen molar-refractivity contribution in [3.63, 3.8) is 0 Å². The van der Waals surface area contributed by atoms with E-state index < -0.39 is 11.8 Å². The third-order valence-electron chi connectivity index (χ3n) is 5.17. The Hall–Kier alpha value is -3.22. The van der Waals surface area contributed by atoms with E-state index in [0.717, 1.165) is 9.13 Å². The molecule has 1 heterocycles. The molecular formula is C26H22Cl2IN3O6. The highest BCUT2D eigenvalue weighted by Gasteiger charge is 2.17. The number of carbonyl (C=O) groups is 2. The maximum absolute atomic E-state index is 12.3. The molecular weight excluding hydrogens is 648 g/mol. The molecule has 1 aliphatic heterocycles. The number of nitrogens with one attached hydrogen (secondary N) is 2. The van der Waals surface area contributed by atoms with Gasteiger partial charge in [0.15, 0.2) is 23.0 Å². The fraction of sp³-hybridized carbons (Fsp3) is 0.192. The average Bonchev–Trinajstić information content (AvgIpc) is 3.36. The van der Waals surface area contributed by atoms with Gasteiger partial charge in [-0.05, 0) is 77.5 Å². The lowest BCUT2D eigenvalue weighted by atomic mass is 10.2. The molecule has 2 N–H and O–H groups in total. The van der Waals surface area contributed by atoms with Crippen LogP contribution in [0.4, 0.5) is 0 Å². The molecule has 0 saturated carbocycles. The highest BCUT2D eigenvalue weighted by atomic mass is 127. The zero-order valence-corrected chi connectivity index (χ0v) is 23.7. The monoisotopic (exact) mass is 669 g/mol. The minimum Gasteiger partial charge on any atom is -0.490 e. The lowest BCUT2D eigenvalue weighted by Gasteiger charge is -2.15. The first-order valence-corrected chi connectivity index (χ1v) is 13.2. The molecule has 0 saturated heterocycles. The number of amides is 2. The van der Waals surface area contributed by atoms with Crippen LogP contribution in [0.25, 0.3) is 0 Å². The van der Waals surface area contributed by atoms with Crippen molar-refractivity contribution in [2.45, 2.75) is 13.5 Å². The topological polar surface area (TPSA) is 107 Å². The number of benzene rings is 3. The van der Waals surface area contributed by atoms with E-state index in [4.69, 9.17) is 42.1 Å². The van der Waals surface area contributed by atoms with E-state index in [1.165, 1.54) is 6.21 Å². The van der Waals surface area contributed by atoms with Crippen molar-refractivity contribution in [2.24, 2.45) is 5.10 Å². The molecule has 0 spiro atoms. The van der Waals surface area contributed by atoms with E-state index in [9.17, 15) is 9.59 Å². The number of halogens is 3. The molecule has 198 valence electrons. The van der Waals surface area contributed by atoms with Crippen LogP contribution >= 0.6 is 45.8 Å². The van der Waals surface area contributed by atoms with E-state index in [-0.39, 0.29) is 19.9 Å². The Kier molecular flexibility index (Phi) is 9.53. The molecule has 4 rings (SSSR count). The van der Waals surface area contributed by atoms with Crippen LogP contribution in [-0.2, 0) is 11.4 Å². The van der Waals surface area contributed by atoms with Gasteiger partial charge in [-0.2, -0.15) is 5.10 Å². The summed E-state index contributed by atoms with van der Waals surface area (Å²) < 4.78 is 23.0. The number of fused-ring (bicyclic) bond motifs is 1. The zero-order chi connectivity index (χ0) is 27.1. The maximum Gasteiger partial charge on any atom is 0.259 e. The van der Waals surface area contributed by atoms with Gasteiger partial charge < -0.3 is 24.3 Å². The Morgan fingerprint density at radius 2 is 1.89 bits per heavy atom. The summed E-state index contributed by atoms with van der Waals surface area (Å²) in [5, 5.41) is 7.58. The molecule has 38 heavy (non-hydrogen) atoms. The smallest absolute Gasteiger partial charge is 0.259 e. The third kappa shape index (κ3) is 7.21. The fourth-order valence-electron chi connectivity index (χ4n) is 3.37. The predicted octanol–water partition coefficient (Wildman–Crippen LogP) is 5.18.